The normalized spacial score (nSPS) is 31.7. The Hall–Kier alpha value is -0.0800. The van der Waals surface area contributed by atoms with Gasteiger partial charge in [0.2, 0.25) is 0 Å². The van der Waals surface area contributed by atoms with Crippen molar-refractivity contribution in [2.45, 2.75) is 64.8 Å². The maximum Gasteiger partial charge on any atom is 0.00915 e. The van der Waals surface area contributed by atoms with Crippen LogP contribution < -0.4 is 5.32 Å². The zero-order chi connectivity index (χ0) is 12.8. The summed E-state index contributed by atoms with van der Waals surface area (Å²) in [5, 5.41) is 3.85. The van der Waals surface area contributed by atoms with Gasteiger partial charge in [0.25, 0.3) is 0 Å². The van der Waals surface area contributed by atoms with Gasteiger partial charge in [-0.2, -0.15) is 0 Å². The van der Waals surface area contributed by atoms with E-state index in [-0.39, 0.29) is 0 Å². The van der Waals surface area contributed by atoms with Crippen molar-refractivity contribution in [3.05, 3.63) is 0 Å². The smallest absolute Gasteiger partial charge is 0.00915 e. The molecular weight excluding hydrogens is 220 g/mol. The third-order valence-electron chi connectivity index (χ3n) is 4.87. The van der Waals surface area contributed by atoms with Crippen LogP contribution in [0.4, 0.5) is 0 Å². The molecule has 1 aliphatic heterocycles. The van der Waals surface area contributed by atoms with Crippen LogP contribution in [0.2, 0.25) is 0 Å². The minimum atomic E-state index is 0.801. The molecule has 2 unspecified atom stereocenters. The molecule has 2 aliphatic rings. The first-order valence-electron chi connectivity index (χ1n) is 8.23. The lowest BCUT2D eigenvalue weighted by molar-refractivity contribution is 0.188. The quantitative estimate of drug-likeness (QED) is 0.808. The molecule has 2 rings (SSSR count). The van der Waals surface area contributed by atoms with Crippen molar-refractivity contribution >= 4 is 0 Å². The SMILES string of the molecule is CCCN1CCC(NCC2CCCC(C)C2)CC1. The summed E-state index contributed by atoms with van der Waals surface area (Å²) in [6.07, 6.45) is 9.88. The fourth-order valence-corrected chi connectivity index (χ4v) is 3.76. The summed E-state index contributed by atoms with van der Waals surface area (Å²) in [6.45, 7) is 9.92. The predicted octanol–water partition coefficient (Wildman–Crippen LogP) is 3.28. The van der Waals surface area contributed by atoms with Gasteiger partial charge in [-0.15, -0.1) is 0 Å². The van der Waals surface area contributed by atoms with Crippen LogP contribution in [-0.2, 0) is 0 Å². The number of hydrogen-bond acceptors (Lipinski definition) is 2. The summed E-state index contributed by atoms with van der Waals surface area (Å²) >= 11 is 0. The van der Waals surface area contributed by atoms with Crippen LogP contribution in [0, 0.1) is 11.8 Å². The first kappa shape index (κ1) is 14.3. The van der Waals surface area contributed by atoms with Gasteiger partial charge >= 0.3 is 0 Å². The van der Waals surface area contributed by atoms with Crippen LogP contribution in [0.3, 0.4) is 0 Å². The van der Waals surface area contributed by atoms with Crippen LogP contribution in [0.25, 0.3) is 0 Å². The van der Waals surface area contributed by atoms with Gasteiger partial charge in [-0.1, -0.05) is 26.7 Å². The Kier molecular flexibility index (Phi) is 5.97. The Labute approximate surface area is 114 Å². The molecule has 1 aliphatic carbocycles. The average Bonchev–Trinajstić information content (AvgIpc) is 2.38. The summed E-state index contributed by atoms with van der Waals surface area (Å²) < 4.78 is 0. The van der Waals surface area contributed by atoms with Gasteiger partial charge in [0.05, 0.1) is 0 Å². The number of nitrogens with one attached hydrogen (secondary N) is 1. The molecule has 0 radical (unpaired) electrons. The average molecular weight is 252 g/mol. The first-order chi connectivity index (χ1) is 8.78. The molecule has 0 amide bonds. The zero-order valence-corrected chi connectivity index (χ0v) is 12.5. The monoisotopic (exact) mass is 252 g/mol. The van der Waals surface area contributed by atoms with E-state index in [1.807, 2.05) is 0 Å². The van der Waals surface area contributed by atoms with E-state index in [9.17, 15) is 0 Å². The minimum Gasteiger partial charge on any atom is -0.314 e. The summed E-state index contributed by atoms with van der Waals surface area (Å²) in [7, 11) is 0. The largest absolute Gasteiger partial charge is 0.314 e. The fourth-order valence-electron chi connectivity index (χ4n) is 3.76. The Bertz CT molecular complexity index is 221. The second-order valence-electron chi connectivity index (χ2n) is 6.66. The van der Waals surface area contributed by atoms with Crippen LogP contribution in [0.1, 0.15) is 58.8 Å². The van der Waals surface area contributed by atoms with Gasteiger partial charge in [0.1, 0.15) is 0 Å². The van der Waals surface area contributed by atoms with Crippen LogP contribution in [0.15, 0.2) is 0 Å². The maximum atomic E-state index is 3.85. The highest BCUT2D eigenvalue weighted by Crippen LogP contribution is 2.28. The molecular formula is C16H32N2. The van der Waals surface area contributed by atoms with Crippen molar-refractivity contribution in [1.82, 2.24) is 10.2 Å². The molecule has 2 heteroatoms. The lowest BCUT2D eigenvalue weighted by atomic mass is 9.82. The van der Waals surface area contributed by atoms with E-state index in [0.29, 0.717) is 0 Å². The molecule has 2 atom stereocenters. The summed E-state index contributed by atoms with van der Waals surface area (Å²) in [4.78, 5) is 2.63. The Morgan fingerprint density at radius 3 is 2.56 bits per heavy atom. The number of rotatable bonds is 5. The van der Waals surface area contributed by atoms with E-state index in [4.69, 9.17) is 0 Å². The van der Waals surface area contributed by atoms with Gasteiger partial charge in [-0.3, -0.25) is 0 Å². The number of piperidine rings is 1. The lowest BCUT2D eigenvalue weighted by Crippen LogP contribution is -2.44. The molecule has 1 N–H and O–H groups in total. The number of likely N-dealkylation sites (tertiary alicyclic amines) is 1. The molecule has 18 heavy (non-hydrogen) atoms. The van der Waals surface area contributed by atoms with Crippen molar-refractivity contribution in [2.24, 2.45) is 11.8 Å². The summed E-state index contributed by atoms with van der Waals surface area (Å²) in [5.74, 6) is 1.93. The molecule has 1 saturated heterocycles. The lowest BCUT2D eigenvalue weighted by Gasteiger charge is -2.34. The van der Waals surface area contributed by atoms with Crippen molar-refractivity contribution < 1.29 is 0 Å². The van der Waals surface area contributed by atoms with E-state index in [2.05, 4.69) is 24.1 Å². The standard InChI is InChI=1S/C16H32N2/c1-3-9-18-10-7-16(8-11-18)17-13-15-6-4-5-14(2)12-15/h14-17H,3-13H2,1-2H3. The molecule has 0 spiro atoms. The Morgan fingerprint density at radius 2 is 1.89 bits per heavy atom. The highest BCUT2D eigenvalue weighted by atomic mass is 15.1. The second kappa shape index (κ2) is 7.49. The summed E-state index contributed by atoms with van der Waals surface area (Å²) in [5.41, 5.74) is 0. The third-order valence-corrected chi connectivity index (χ3v) is 4.87. The number of nitrogens with zero attached hydrogens (tertiary/aromatic N) is 1. The molecule has 2 nitrogen and oxygen atoms in total. The maximum absolute atomic E-state index is 3.85. The molecule has 0 aromatic heterocycles. The van der Waals surface area contributed by atoms with Gasteiger partial charge in [-0.05, 0) is 70.1 Å². The molecule has 0 bridgehead atoms. The van der Waals surface area contributed by atoms with E-state index in [0.717, 1.165) is 17.9 Å². The van der Waals surface area contributed by atoms with E-state index in [1.54, 1.807) is 0 Å². The highest BCUT2D eigenvalue weighted by Gasteiger charge is 2.22. The van der Waals surface area contributed by atoms with Crippen LogP contribution in [0.5, 0.6) is 0 Å². The molecule has 0 aromatic carbocycles. The first-order valence-corrected chi connectivity index (χ1v) is 8.23. The van der Waals surface area contributed by atoms with Crippen molar-refractivity contribution in [2.75, 3.05) is 26.2 Å². The van der Waals surface area contributed by atoms with E-state index >= 15 is 0 Å². The Morgan fingerprint density at radius 1 is 1.11 bits per heavy atom. The van der Waals surface area contributed by atoms with E-state index < -0.39 is 0 Å². The zero-order valence-electron chi connectivity index (χ0n) is 12.5. The third kappa shape index (κ3) is 4.55. The van der Waals surface area contributed by atoms with Gasteiger partial charge in [-0.25, -0.2) is 0 Å². The molecule has 1 saturated carbocycles. The Balaban J connectivity index is 1.60. The van der Waals surface area contributed by atoms with Crippen molar-refractivity contribution in [1.29, 1.82) is 0 Å². The van der Waals surface area contributed by atoms with Crippen LogP contribution in [-0.4, -0.2) is 37.1 Å². The van der Waals surface area contributed by atoms with Gasteiger partial charge in [0, 0.05) is 6.04 Å². The van der Waals surface area contributed by atoms with Crippen LogP contribution >= 0.6 is 0 Å². The molecule has 0 aromatic rings. The second-order valence-corrected chi connectivity index (χ2v) is 6.66. The molecule has 2 fully saturated rings. The highest BCUT2D eigenvalue weighted by molar-refractivity contribution is 4.79. The topological polar surface area (TPSA) is 15.3 Å². The van der Waals surface area contributed by atoms with Gasteiger partial charge in [0.15, 0.2) is 0 Å². The fraction of sp³-hybridized carbons (Fsp3) is 1.00. The predicted molar refractivity (Wildman–Crippen MR) is 78.9 cm³/mol. The van der Waals surface area contributed by atoms with Crippen molar-refractivity contribution in [3.63, 3.8) is 0 Å². The molecule has 1 heterocycles. The molecule has 106 valence electrons. The number of hydrogen-bond donors (Lipinski definition) is 1. The minimum absolute atomic E-state index is 0.801. The summed E-state index contributed by atoms with van der Waals surface area (Å²) in [6, 6.07) is 0.801. The van der Waals surface area contributed by atoms with E-state index in [1.165, 1.54) is 71.1 Å². The van der Waals surface area contributed by atoms with Gasteiger partial charge < -0.3 is 10.2 Å². The van der Waals surface area contributed by atoms with Crippen molar-refractivity contribution in [3.8, 4) is 0 Å².